The van der Waals surface area contributed by atoms with Crippen molar-refractivity contribution in [2.24, 2.45) is 0 Å². The molecule has 0 spiro atoms. The molecule has 1 aromatic heterocycles. The zero-order valence-corrected chi connectivity index (χ0v) is 10.9. The second-order valence-corrected chi connectivity index (χ2v) is 4.30. The first-order valence-corrected chi connectivity index (χ1v) is 6.35. The minimum absolute atomic E-state index is 0.152. The number of hydrogen-bond donors (Lipinski definition) is 1. The van der Waals surface area contributed by atoms with Gasteiger partial charge in [0.05, 0.1) is 12.6 Å². The van der Waals surface area contributed by atoms with Crippen LogP contribution in [0.25, 0.3) is 0 Å². The van der Waals surface area contributed by atoms with E-state index in [1.165, 1.54) is 5.56 Å². The third-order valence-electron chi connectivity index (χ3n) is 2.92. The van der Waals surface area contributed by atoms with Gasteiger partial charge in [-0.3, -0.25) is 0 Å². The summed E-state index contributed by atoms with van der Waals surface area (Å²) in [6.07, 6.45) is 1.11. The van der Waals surface area contributed by atoms with Gasteiger partial charge in [0.25, 0.3) is 0 Å². The lowest BCUT2D eigenvalue weighted by atomic mass is 10.1. The molecule has 2 aromatic rings. The quantitative estimate of drug-likeness (QED) is 0.788. The van der Waals surface area contributed by atoms with Crippen molar-refractivity contribution in [3.8, 4) is 0 Å². The molecule has 1 atom stereocenters. The van der Waals surface area contributed by atoms with E-state index in [0.29, 0.717) is 6.54 Å². The van der Waals surface area contributed by atoms with E-state index in [0.717, 1.165) is 18.8 Å². The number of nitrogens with one attached hydrogen (secondary N) is 1. The Morgan fingerprint density at radius 2 is 2.06 bits per heavy atom. The largest absolute Gasteiger partial charge is 0.310 e. The smallest absolute Gasteiger partial charge is 0.165 e. The van der Waals surface area contributed by atoms with Gasteiger partial charge < -0.3 is 5.32 Å². The van der Waals surface area contributed by atoms with Crippen LogP contribution in [0.4, 0.5) is 0 Å². The lowest BCUT2D eigenvalue weighted by molar-refractivity contribution is 0.505. The summed E-state index contributed by atoms with van der Waals surface area (Å²) in [6.45, 7) is 5.93. The standard InChI is InChI=1S/C13H19N5/c1-3-9-14-10-13-15-16-17-18(13)11(2)12-7-5-4-6-8-12/h4-8,11,14H,3,9-10H2,1-2H3. The van der Waals surface area contributed by atoms with Gasteiger partial charge in [0, 0.05) is 0 Å². The molecule has 1 aromatic carbocycles. The van der Waals surface area contributed by atoms with Crippen LogP contribution in [0.3, 0.4) is 0 Å². The summed E-state index contributed by atoms with van der Waals surface area (Å²) in [6, 6.07) is 10.4. The summed E-state index contributed by atoms with van der Waals surface area (Å²) in [5.41, 5.74) is 1.21. The summed E-state index contributed by atoms with van der Waals surface area (Å²) in [7, 11) is 0. The van der Waals surface area contributed by atoms with Gasteiger partial charge in [0.1, 0.15) is 0 Å². The maximum Gasteiger partial charge on any atom is 0.165 e. The van der Waals surface area contributed by atoms with E-state index in [-0.39, 0.29) is 6.04 Å². The number of hydrogen-bond acceptors (Lipinski definition) is 4. The normalized spacial score (nSPS) is 12.6. The second-order valence-electron chi connectivity index (χ2n) is 4.30. The molecular formula is C13H19N5. The number of aromatic nitrogens is 4. The fourth-order valence-corrected chi connectivity index (χ4v) is 1.88. The molecule has 0 saturated heterocycles. The average molecular weight is 245 g/mol. The van der Waals surface area contributed by atoms with Gasteiger partial charge in [-0.15, -0.1) is 5.10 Å². The number of rotatable bonds is 6. The van der Waals surface area contributed by atoms with Crippen LogP contribution in [-0.2, 0) is 6.54 Å². The minimum Gasteiger partial charge on any atom is -0.310 e. The Morgan fingerprint density at radius 3 is 2.78 bits per heavy atom. The summed E-state index contributed by atoms with van der Waals surface area (Å²) < 4.78 is 1.87. The molecule has 0 amide bonds. The first-order valence-electron chi connectivity index (χ1n) is 6.35. The Hall–Kier alpha value is -1.75. The fourth-order valence-electron chi connectivity index (χ4n) is 1.88. The van der Waals surface area contributed by atoms with Gasteiger partial charge in [-0.25, -0.2) is 4.68 Å². The predicted molar refractivity (Wildman–Crippen MR) is 70.1 cm³/mol. The zero-order valence-electron chi connectivity index (χ0n) is 10.9. The van der Waals surface area contributed by atoms with E-state index in [9.17, 15) is 0 Å². The summed E-state index contributed by atoms with van der Waals surface area (Å²) in [4.78, 5) is 0. The van der Waals surface area contributed by atoms with Crippen molar-refractivity contribution >= 4 is 0 Å². The maximum absolute atomic E-state index is 4.09. The molecule has 1 heterocycles. The molecule has 1 N–H and O–H groups in total. The molecule has 0 aliphatic rings. The molecule has 5 nitrogen and oxygen atoms in total. The van der Waals surface area contributed by atoms with E-state index >= 15 is 0 Å². The van der Waals surface area contributed by atoms with Crippen LogP contribution in [0.2, 0.25) is 0 Å². The average Bonchev–Trinajstić information content (AvgIpc) is 2.88. The van der Waals surface area contributed by atoms with Gasteiger partial charge in [-0.05, 0) is 35.9 Å². The first kappa shape index (κ1) is 12.7. The van der Waals surface area contributed by atoms with Crippen molar-refractivity contribution in [1.82, 2.24) is 25.5 Å². The minimum atomic E-state index is 0.152. The summed E-state index contributed by atoms with van der Waals surface area (Å²) in [5.74, 6) is 0.875. The highest BCUT2D eigenvalue weighted by atomic mass is 15.6. The Kier molecular flexibility index (Phi) is 4.41. The van der Waals surface area contributed by atoms with Crippen molar-refractivity contribution in [3.05, 3.63) is 41.7 Å². The monoisotopic (exact) mass is 245 g/mol. The molecule has 0 bridgehead atoms. The van der Waals surface area contributed by atoms with Gasteiger partial charge in [-0.1, -0.05) is 37.3 Å². The summed E-state index contributed by atoms with van der Waals surface area (Å²) >= 11 is 0. The van der Waals surface area contributed by atoms with Crippen molar-refractivity contribution in [2.45, 2.75) is 32.9 Å². The molecule has 1 unspecified atom stereocenters. The second kappa shape index (κ2) is 6.26. The predicted octanol–water partition coefficient (Wildman–Crippen LogP) is 1.78. The molecule has 0 aliphatic carbocycles. The molecular weight excluding hydrogens is 226 g/mol. The van der Waals surface area contributed by atoms with E-state index in [1.54, 1.807) is 0 Å². The Morgan fingerprint density at radius 1 is 1.28 bits per heavy atom. The van der Waals surface area contributed by atoms with Crippen LogP contribution in [0.1, 0.15) is 37.7 Å². The fraction of sp³-hybridized carbons (Fsp3) is 0.462. The van der Waals surface area contributed by atoms with Crippen LogP contribution < -0.4 is 5.32 Å². The number of tetrazole rings is 1. The highest BCUT2D eigenvalue weighted by Gasteiger charge is 2.13. The van der Waals surface area contributed by atoms with Crippen molar-refractivity contribution in [3.63, 3.8) is 0 Å². The first-order chi connectivity index (χ1) is 8.83. The highest BCUT2D eigenvalue weighted by Crippen LogP contribution is 2.16. The topological polar surface area (TPSA) is 55.6 Å². The lowest BCUT2D eigenvalue weighted by Gasteiger charge is -2.13. The van der Waals surface area contributed by atoms with Crippen molar-refractivity contribution < 1.29 is 0 Å². The molecule has 0 radical (unpaired) electrons. The molecule has 96 valence electrons. The van der Waals surface area contributed by atoms with Gasteiger partial charge in [-0.2, -0.15) is 0 Å². The third-order valence-corrected chi connectivity index (χ3v) is 2.92. The molecule has 0 saturated carbocycles. The van der Waals surface area contributed by atoms with E-state index < -0.39 is 0 Å². The van der Waals surface area contributed by atoms with Crippen LogP contribution in [-0.4, -0.2) is 26.8 Å². The van der Waals surface area contributed by atoms with Crippen molar-refractivity contribution in [2.75, 3.05) is 6.54 Å². The highest BCUT2D eigenvalue weighted by molar-refractivity contribution is 5.18. The molecule has 2 rings (SSSR count). The Bertz CT molecular complexity index is 465. The van der Waals surface area contributed by atoms with E-state index in [2.05, 4.69) is 46.8 Å². The molecule has 0 fully saturated rings. The Labute approximate surface area is 107 Å². The molecule has 18 heavy (non-hydrogen) atoms. The van der Waals surface area contributed by atoms with Crippen molar-refractivity contribution in [1.29, 1.82) is 0 Å². The van der Waals surface area contributed by atoms with E-state index in [4.69, 9.17) is 0 Å². The van der Waals surface area contributed by atoms with E-state index in [1.807, 2.05) is 22.9 Å². The van der Waals surface area contributed by atoms with Crippen LogP contribution in [0.5, 0.6) is 0 Å². The SMILES string of the molecule is CCCNCc1nnnn1C(C)c1ccccc1. The lowest BCUT2D eigenvalue weighted by Crippen LogP contribution is -2.20. The van der Waals surface area contributed by atoms with Crippen LogP contribution in [0, 0.1) is 0 Å². The zero-order chi connectivity index (χ0) is 12.8. The molecule has 5 heteroatoms. The van der Waals surface area contributed by atoms with Gasteiger partial charge in [0.15, 0.2) is 5.82 Å². The number of nitrogens with zero attached hydrogens (tertiary/aromatic N) is 4. The maximum atomic E-state index is 4.09. The third kappa shape index (κ3) is 2.92. The van der Waals surface area contributed by atoms with Crippen LogP contribution in [0.15, 0.2) is 30.3 Å². The van der Waals surface area contributed by atoms with Gasteiger partial charge in [0.2, 0.25) is 0 Å². The Balaban J connectivity index is 2.11. The molecule has 0 aliphatic heterocycles. The van der Waals surface area contributed by atoms with Crippen LogP contribution >= 0.6 is 0 Å². The van der Waals surface area contributed by atoms with Gasteiger partial charge >= 0.3 is 0 Å². The summed E-state index contributed by atoms with van der Waals surface area (Å²) in [5, 5.41) is 15.3. The number of benzene rings is 1.